The molecule has 214 valence electrons. The topological polar surface area (TPSA) is 83.3 Å². The maximum atomic E-state index is 13.1. The summed E-state index contributed by atoms with van der Waals surface area (Å²) >= 11 is 1.65. The minimum atomic E-state index is -0.636. The van der Waals surface area contributed by atoms with Gasteiger partial charge in [0.05, 0.1) is 38.9 Å². The van der Waals surface area contributed by atoms with E-state index in [1.165, 1.54) is 6.42 Å². The largest absolute Gasteiger partial charge is 0.460 e. The monoisotopic (exact) mass is 571 g/mol. The van der Waals surface area contributed by atoms with E-state index in [4.69, 9.17) is 14.5 Å². The second kappa shape index (κ2) is 11.6. The lowest BCUT2D eigenvalue weighted by molar-refractivity contribution is -0.154. The number of nitrogens with zero attached hydrogens (tertiary/aromatic N) is 3. The van der Waals surface area contributed by atoms with Crippen LogP contribution >= 0.6 is 11.3 Å². The van der Waals surface area contributed by atoms with Gasteiger partial charge in [-0.1, -0.05) is 38.0 Å². The number of aryl methyl sites for hydroxylation is 2. The number of ether oxygens (including phenoxy) is 2. The van der Waals surface area contributed by atoms with Gasteiger partial charge in [0.2, 0.25) is 0 Å². The summed E-state index contributed by atoms with van der Waals surface area (Å²) in [6, 6.07) is 10.5. The number of carbonyl (C=O) groups is 2. The molecule has 0 radical (unpaired) electrons. The Morgan fingerprint density at radius 1 is 1.10 bits per heavy atom. The zero-order valence-corrected chi connectivity index (χ0v) is 25.3. The normalized spacial score (nSPS) is 14.3. The SMILES string of the molecule is C=CC(=O)Oc1cn(C2CCCCC2)c(-c2ccc3nc(-c4sc(C)nc4C)ccc3c2)c1CC(=O)OC(C)(C)C. The van der Waals surface area contributed by atoms with E-state index in [0.29, 0.717) is 11.3 Å². The fourth-order valence-corrected chi connectivity index (χ4v) is 6.50. The van der Waals surface area contributed by atoms with Crippen LogP contribution in [-0.2, 0) is 20.7 Å². The van der Waals surface area contributed by atoms with Crippen molar-refractivity contribution in [3.63, 3.8) is 0 Å². The molecule has 41 heavy (non-hydrogen) atoms. The number of thiazole rings is 1. The number of esters is 2. The first-order chi connectivity index (χ1) is 19.5. The number of aromatic nitrogens is 3. The van der Waals surface area contributed by atoms with Crippen LogP contribution < -0.4 is 4.74 Å². The van der Waals surface area contributed by atoms with E-state index < -0.39 is 11.6 Å². The second-order valence-electron chi connectivity index (χ2n) is 11.7. The zero-order valence-electron chi connectivity index (χ0n) is 24.5. The van der Waals surface area contributed by atoms with Crippen LogP contribution in [0.3, 0.4) is 0 Å². The molecule has 0 unspecified atom stereocenters. The maximum Gasteiger partial charge on any atom is 0.335 e. The first kappa shape index (κ1) is 28.7. The lowest BCUT2D eigenvalue weighted by Gasteiger charge is -2.26. The molecule has 1 aliphatic carbocycles. The highest BCUT2D eigenvalue weighted by Crippen LogP contribution is 2.41. The van der Waals surface area contributed by atoms with E-state index in [2.05, 4.69) is 28.3 Å². The van der Waals surface area contributed by atoms with Crippen molar-refractivity contribution in [3.05, 3.63) is 65.4 Å². The Kier molecular flexibility index (Phi) is 8.13. The summed E-state index contributed by atoms with van der Waals surface area (Å²) in [6.07, 6.45) is 8.51. The van der Waals surface area contributed by atoms with Gasteiger partial charge >= 0.3 is 11.9 Å². The van der Waals surface area contributed by atoms with Gasteiger partial charge in [-0.05, 0) is 71.2 Å². The van der Waals surface area contributed by atoms with Crippen molar-refractivity contribution < 1.29 is 19.1 Å². The second-order valence-corrected chi connectivity index (χ2v) is 12.9. The molecular formula is C33H37N3O4S. The molecule has 4 aromatic rings. The molecular weight excluding hydrogens is 534 g/mol. The van der Waals surface area contributed by atoms with Gasteiger partial charge in [0.25, 0.3) is 0 Å². The third kappa shape index (κ3) is 6.43. The number of benzene rings is 1. The molecule has 0 spiro atoms. The first-order valence-electron chi connectivity index (χ1n) is 14.2. The molecule has 3 heterocycles. The van der Waals surface area contributed by atoms with Gasteiger partial charge in [-0.15, -0.1) is 11.3 Å². The summed E-state index contributed by atoms with van der Waals surface area (Å²) in [5.41, 5.74) is 4.57. The third-order valence-electron chi connectivity index (χ3n) is 7.28. The summed E-state index contributed by atoms with van der Waals surface area (Å²) in [4.78, 5) is 36.0. The Morgan fingerprint density at radius 2 is 1.85 bits per heavy atom. The third-order valence-corrected chi connectivity index (χ3v) is 8.38. The predicted molar refractivity (Wildman–Crippen MR) is 163 cm³/mol. The molecule has 1 saturated carbocycles. The molecule has 0 amide bonds. The van der Waals surface area contributed by atoms with Crippen LogP contribution in [0.1, 0.15) is 75.2 Å². The molecule has 0 aliphatic heterocycles. The van der Waals surface area contributed by atoms with Crippen LogP contribution in [0.5, 0.6) is 5.75 Å². The standard InChI is InChI=1S/C33H37N3O4S/c1-7-29(37)39-28-19-36(24-11-9-8-10-12-24)31(25(28)18-30(38)40-33(4,5)6)23-14-15-26-22(17-23)13-16-27(35-26)32-20(2)34-21(3)41-32/h7,13-17,19,24H,1,8-12,18H2,2-6H3. The van der Waals surface area contributed by atoms with Crippen LogP contribution in [0.4, 0.5) is 0 Å². The van der Waals surface area contributed by atoms with E-state index >= 15 is 0 Å². The van der Waals surface area contributed by atoms with Crippen molar-refractivity contribution in [1.82, 2.24) is 14.5 Å². The van der Waals surface area contributed by atoms with Gasteiger partial charge in [-0.3, -0.25) is 4.79 Å². The molecule has 0 N–H and O–H groups in total. The van der Waals surface area contributed by atoms with Crippen molar-refractivity contribution in [3.8, 4) is 27.6 Å². The van der Waals surface area contributed by atoms with Crippen LogP contribution in [-0.4, -0.2) is 32.1 Å². The number of pyridine rings is 1. The van der Waals surface area contributed by atoms with E-state index in [1.807, 2.05) is 59.0 Å². The van der Waals surface area contributed by atoms with Gasteiger partial charge in [-0.25, -0.2) is 14.8 Å². The highest BCUT2D eigenvalue weighted by atomic mass is 32.1. The van der Waals surface area contributed by atoms with Crippen LogP contribution in [0.2, 0.25) is 0 Å². The summed E-state index contributed by atoms with van der Waals surface area (Å²) in [7, 11) is 0. The van der Waals surface area contributed by atoms with Crippen LogP contribution in [0.15, 0.2) is 49.2 Å². The lowest BCUT2D eigenvalue weighted by Crippen LogP contribution is -2.25. The Labute approximate surface area is 245 Å². The Hall–Kier alpha value is -3.78. The molecule has 1 aromatic carbocycles. The van der Waals surface area contributed by atoms with Crippen molar-refractivity contribution in [2.75, 3.05) is 0 Å². The zero-order chi connectivity index (χ0) is 29.3. The van der Waals surface area contributed by atoms with Gasteiger partial charge in [0.15, 0.2) is 5.75 Å². The first-order valence-corrected chi connectivity index (χ1v) is 15.0. The minimum absolute atomic E-state index is 0.0225. The smallest absolute Gasteiger partial charge is 0.335 e. The Balaban J connectivity index is 1.64. The molecule has 5 rings (SSSR count). The number of hydrogen-bond donors (Lipinski definition) is 0. The summed E-state index contributed by atoms with van der Waals surface area (Å²) < 4.78 is 13.6. The summed E-state index contributed by atoms with van der Waals surface area (Å²) in [5, 5.41) is 2.00. The fraction of sp³-hybridized carbons (Fsp3) is 0.394. The average Bonchev–Trinajstić information content (AvgIpc) is 3.45. The maximum absolute atomic E-state index is 13.1. The lowest BCUT2D eigenvalue weighted by atomic mass is 9.94. The van der Waals surface area contributed by atoms with Crippen molar-refractivity contribution >= 4 is 34.2 Å². The van der Waals surface area contributed by atoms with Gasteiger partial charge in [-0.2, -0.15) is 0 Å². The van der Waals surface area contributed by atoms with E-state index in [-0.39, 0.29) is 18.4 Å². The van der Waals surface area contributed by atoms with Crippen molar-refractivity contribution in [2.24, 2.45) is 0 Å². The Morgan fingerprint density at radius 3 is 2.51 bits per heavy atom. The highest BCUT2D eigenvalue weighted by molar-refractivity contribution is 7.15. The summed E-state index contributed by atoms with van der Waals surface area (Å²) in [6.45, 7) is 13.1. The van der Waals surface area contributed by atoms with Crippen LogP contribution in [0, 0.1) is 13.8 Å². The van der Waals surface area contributed by atoms with E-state index in [9.17, 15) is 9.59 Å². The predicted octanol–water partition coefficient (Wildman–Crippen LogP) is 7.92. The quantitative estimate of drug-likeness (QED) is 0.165. The molecule has 3 aromatic heterocycles. The number of carbonyl (C=O) groups excluding carboxylic acids is 2. The molecule has 1 fully saturated rings. The van der Waals surface area contributed by atoms with E-state index in [0.717, 1.165) is 75.2 Å². The average molecular weight is 572 g/mol. The molecule has 1 aliphatic rings. The molecule has 0 saturated heterocycles. The van der Waals surface area contributed by atoms with Crippen LogP contribution in [0.25, 0.3) is 32.7 Å². The van der Waals surface area contributed by atoms with Gasteiger partial charge in [0, 0.05) is 29.3 Å². The van der Waals surface area contributed by atoms with E-state index in [1.54, 1.807) is 11.3 Å². The fourth-order valence-electron chi connectivity index (χ4n) is 5.61. The number of hydrogen-bond acceptors (Lipinski definition) is 7. The Bertz CT molecular complexity index is 1620. The van der Waals surface area contributed by atoms with Gasteiger partial charge in [0.1, 0.15) is 5.60 Å². The molecule has 8 heteroatoms. The number of fused-ring (bicyclic) bond motifs is 1. The molecule has 0 atom stereocenters. The van der Waals surface area contributed by atoms with Crippen molar-refractivity contribution in [2.45, 2.75) is 84.8 Å². The highest BCUT2D eigenvalue weighted by Gasteiger charge is 2.28. The van der Waals surface area contributed by atoms with Gasteiger partial charge < -0.3 is 14.0 Å². The van der Waals surface area contributed by atoms with Crippen molar-refractivity contribution in [1.29, 1.82) is 0 Å². The number of rotatable bonds is 7. The molecule has 0 bridgehead atoms. The minimum Gasteiger partial charge on any atom is -0.460 e. The molecule has 7 nitrogen and oxygen atoms in total. The summed E-state index contributed by atoms with van der Waals surface area (Å²) in [5.74, 6) is -0.573.